The number of para-hydroxylation sites is 2. The van der Waals surface area contributed by atoms with Crippen molar-refractivity contribution < 1.29 is 4.79 Å². The van der Waals surface area contributed by atoms with Gasteiger partial charge in [-0.05, 0) is 38.5 Å². The highest BCUT2D eigenvalue weighted by Gasteiger charge is 2.21. The number of halogens is 2. The molecule has 2 atom stereocenters. The number of amides is 1. The average molecular weight is 409 g/mol. The molecule has 3 rings (SSSR count). The van der Waals surface area contributed by atoms with Crippen molar-refractivity contribution in [3.63, 3.8) is 0 Å². The molecule has 3 N–H and O–H groups in total. The normalized spacial score (nSPS) is 12.6. The number of carbonyl (C=O) groups is 1. The minimum atomic E-state index is -0.692. The topological polar surface area (TPSA) is 72.9 Å². The van der Waals surface area contributed by atoms with Crippen LogP contribution in [0.4, 0.5) is 0 Å². The standard InChI is InChI=1S/C20H24N4O.2ClH/c1-4-24-17-8-6-5-7-16(17)23-19(24)14(3)22-20(25)18(21)15-11-9-13(2)10-12-15;;/h5-12,14,18H,4,21H2,1-3H3,(H,22,25);2*1H. The first kappa shape index (κ1) is 23.0. The van der Waals surface area contributed by atoms with Gasteiger partial charge in [-0.2, -0.15) is 0 Å². The molecule has 146 valence electrons. The van der Waals surface area contributed by atoms with Crippen LogP contribution in [0.25, 0.3) is 11.0 Å². The van der Waals surface area contributed by atoms with Crippen LogP contribution < -0.4 is 11.1 Å². The molecule has 2 unspecified atom stereocenters. The number of hydrogen-bond acceptors (Lipinski definition) is 3. The first-order valence-electron chi connectivity index (χ1n) is 8.59. The molecule has 0 bridgehead atoms. The first-order valence-corrected chi connectivity index (χ1v) is 8.59. The van der Waals surface area contributed by atoms with Crippen molar-refractivity contribution in [2.45, 2.75) is 39.4 Å². The van der Waals surface area contributed by atoms with E-state index in [2.05, 4.69) is 21.8 Å². The van der Waals surface area contributed by atoms with Gasteiger partial charge in [0, 0.05) is 6.54 Å². The highest BCUT2D eigenvalue weighted by molar-refractivity contribution is 5.85. The molecule has 1 heterocycles. The van der Waals surface area contributed by atoms with Gasteiger partial charge in [0.1, 0.15) is 11.9 Å². The number of aryl methyl sites for hydroxylation is 2. The molecule has 3 aromatic rings. The van der Waals surface area contributed by atoms with Gasteiger partial charge in [-0.1, -0.05) is 42.0 Å². The Hall–Kier alpha value is -2.08. The number of carbonyl (C=O) groups excluding carboxylic acids is 1. The van der Waals surface area contributed by atoms with E-state index in [4.69, 9.17) is 5.73 Å². The summed E-state index contributed by atoms with van der Waals surface area (Å²) in [4.78, 5) is 17.2. The van der Waals surface area contributed by atoms with E-state index in [9.17, 15) is 4.79 Å². The summed E-state index contributed by atoms with van der Waals surface area (Å²) < 4.78 is 2.12. The molecule has 0 fully saturated rings. The number of fused-ring (bicyclic) bond motifs is 1. The predicted molar refractivity (Wildman–Crippen MR) is 115 cm³/mol. The van der Waals surface area contributed by atoms with Gasteiger partial charge in [-0.15, -0.1) is 24.8 Å². The van der Waals surface area contributed by atoms with Crippen LogP contribution in [-0.4, -0.2) is 15.5 Å². The van der Waals surface area contributed by atoms with Crippen molar-refractivity contribution in [1.82, 2.24) is 14.9 Å². The van der Waals surface area contributed by atoms with Gasteiger partial charge in [0.2, 0.25) is 5.91 Å². The minimum absolute atomic E-state index is 0. The Morgan fingerprint density at radius 3 is 2.41 bits per heavy atom. The smallest absolute Gasteiger partial charge is 0.242 e. The molecule has 0 saturated carbocycles. The third kappa shape index (κ3) is 4.80. The molecule has 5 nitrogen and oxygen atoms in total. The van der Waals surface area contributed by atoms with Gasteiger partial charge in [0.05, 0.1) is 17.1 Å². The van der Waals surface area contributed by atoms with Gasteiger partial charge in [-0.3, -0.25) is 4.79 Å². The van der Waals surface area contributed by atoms with Crippen molar-refractivity contribution in [2.24, 2.45) is 5.73 Å². The largest absolute Gasteiger partial charge is 0.345 e. The monoisotopic (exact) mass is 408 g/mol. The van der Waals surface area contributed by atoms with Crippen LogP contribution in [0.15, 0.2) is 48.5 Å². The second-order valence-corrected chi connectivity index (χ2v) is 6.32. The Morgan fingerprint density at radius 2 is 1.78 bits per heavy atom. The summed E-state index contributed by atoms with van der Waals surface area (Å²) >= 11 is 0. The molecule has 1 aromatic heterocycles. The van der Waals surface area contributed by atoms with E-state index >= 15 is 0 Å². The Labute approximate surface area is 172 Å². The molecule has 0 aliphatic heterocycles. The number of nitrogens with one attached hydrogen (secondary N) is 1. The summed E-state index contributed by atoms with van der Waals surface area (Å²) in [5, 5.41) is 3.00. The lowest BCUT2D eigenvalue weighted by atomic mass is 10.1. The van der Waals surface area contributed by atoms with Crippen LogP contribution in [-0.2, 0) is 11.3 Å². The zero-order chi connectivity index (χ0) is 18.0. The van der Waals surface area contributed by atoms with Gasteiger partial charge >= 0.3 is 0 Å². The third-order valence-corrected chi connectivity index (χ3v) is 4.47. The van der Waals surface area contributed by atoms with Crippen LogP contribution in [0.5, 0.6) is 0 Å². The fourth-order valence-corrected chi connectivity index (χ4v) is 3.05. The van der Waals surface area contributed by atoms with Crippen LogP contribution in [0.3, 0.4) is 0 Å². The summed E-state index contributed by atoms with van der Waals surface area (Å²) in [5.41, 5.74) is 10.1. The second kappa shape index (κ2) is 9.74. The molecular weight excluding hydrogens is 383 g/mol. The summed E-state index contributed by atoms with van der Waals surface area (Å²) in [7, 11) is 0. The zero-order valence-electron chi connectivity index (χ0n) is 15.7. The van der Waals surface area contributed by atoms with Crippen LogP contribution in [0, 0.1) is 6.92 Å². The zero-order valence-corrected chi connectivity index (χ0v) is 17.3. The molecule has 1 amide bonds. The molecule has 0 aliphatic carbocycles. The molecule has 27 heavy (non-hydrogen) atoms. The van der Waals surface area contributed by atoms with Crippen LogP contribution >= 0.6 is 24.8 Å². The molecule has 0 radical (unpaired) electrons. The van der Waals surface area contributed by atoms with Gasteiger partial charge < -0.3 is 15.6 Å². The molecule has 0 spiro atoms. The quantitative estimate of drug-likeness (QED) is 0.667. The van der Waals surface area contributed by atoms with Crippen molar-refractivity contribution in [3.05, 3.63) is 65.5 Å². The van der Waals surface area contributed by atoms with Crippen molar-refractivity contribution in [1.29, 1.82) is 0 Å². The summed E-state index contributed by atoms with van der Waals surface area (Å²) in [6.07, 6.45) is 0. The van der Waals surface area contributed by atoms with E-state index in [0.29, 0.717) is 0 Å². The summed E-state index contributed by atoms with van der Waals surface area (Å²) in [6.45, 7) is 6.81. The maximum absolute atomic E-state index is 12.6. The Kier molecular flexibility index (Phi) is 8.28. The Bertz CT molecular complexity index is 893. The second-order valence-electron chi connectivity index (χ2n) is 6.32. The lowest BCUT2D eigenvalue weighted by Crippen LogP contribution is -2.36. The van der Waals surface area contributed by atoms with Crippen molar-refractivity contribution in [2.75, 3.05) is 0 Å². The number of benzene rings is 2. The van der Waals surface area contributed by atoms with Crippen LogP contribution in [0.2, 0.25) is 0 Å². The van der Waals surface area contributed by atoms with E-state index in [-0.39, 0.29) is 36.8 Å². The lowest BCUT2D eigenvalue weighted by Gasteiger charge is -2.18. The highest BCUT2D eigenvalue weighted by Crippen LogP contribution is 2.21. The van der Waals surface area contributed by atoms with E-state index in [0.717, 1.165) is 34.5 Å². The van der Waals surface area contributed by atoms with Gasteiger partial charge in [0.15, 0.2) is 0 Å². The maximum Gasteiger partial charge on any atom is 0.242 e. The molecule has 2 aromatic carbocycles. The minimum Gasteiger partial charge on any atom is -0.345 e. The number of imidazole rings is 1. The molecule has 0 aliphatic rings. The predicted octanol–water partition coefficient (Wildman–Crippen LogP) is 4.09. The fraction of sp³-hybridized carbons (Fsp3) is 0.300. The molecule has 7 heteroatoms. The van der Waals surface area contributed by atoms with Gasteiger partial charge in [0.25, 0.3) is 0 Å². The van der Waals surface area contributed by atoms with E-state index < -0.39 is 6.04 Å². The summed E-state index contributed by atoms with van der Waals surface area (Å²) in [6, 6.07) is 14.8. The van der Waals surface area contributed by atoms with E-state index in [1.807, 2.05) is 62.4 Å². The van der Waals surface area contributed by atoms with Crippen molar-refractivity contribution in [3.8, 4) is 0 Å². The first-order chi connectivity index (χ1) is 12.0. The molecule has 0 saturated heterocycles. The SMILES string of the molecule is CCn1c(C(C)NC(=O)C(N)c2ccc(C)cc2)nc2ccccc21.Cl.Cl. The van der Waals surface area contributed by atoms with Gasteiger partial charge in [-0.25, -0.2) is 4.98 Å². The fourth-order valence-electron chi connectivity index (χ4n) is 3.05. The lowest BCUT2D eigenvalue weighted by molar-refractivity contribution is -0.123. The number of nitrogens with two attached hydrogens (primary N) is 1. The number of hydrogen-bond donors (Lipinski definition) is 2. The number of nitrogens with zero attached hydrogens (tertiary/aromatic N) is 2. The van der Waals surface area contributed by atoms with E-state index in [1.54, 1.807) is 0 Å². The Morgan fingerprint density at radius 1 is 1.15 bits per heavy atom. The Balaban J connectivity index is 0.00000182. The number of aromatic nitrogens is 2. The summed E-state index contributed by atoms with van der Waals surface area (Å²) in [5.74, 6) is 0.638. The molecular formula is C20H26Cl2N4O. The third-order valence-electron chi connectivity index (χ3n) is 4.47. The van der Waals surface area contributed by atoms with E-state index in [1.165, 1.54) is 0 Å². The number of rotatable bonds is 5. The average Bonchev–Trinajstić information content (AvgIpc) is 3.00. The van der Waals surface area contributed by atoms with Crippen LogP contribution in [0.1, 0.15) is 42.9 Å². The highest BCUT2D eigenvalue weighted by atomic mass is 35.5. The maximum atomic E-state index is 12.6. The van der Waals surface area contributed by atoms with Crippen molar-refractivity contribution >= 4 is 41.8 Å².